The van der Waals surface area contributed by atoms with Crippen molar-refractivity contribution in [1.29, 1.82) is 0 Å². The normalized spacial score (nSPS) is 11.1. The molecule has 0 saturated carbocycles. The summed E-state index contributed by atoms with van der Waals surface area (Å²) < 4.78 is 3.19. The molecule has 0 aliphatic rings. The van der Waals surface area contributed by atoms with Crippen LogP contribution in [0, 0.1) is 13.8 Å². The van der Waals surface area contributed by atoms with Crippen LogP contribution in [0.25, 0.3) is 11.3 Å². The molecule has 1 N–H and O–H groups in total. The first kappa shape index (κ1) is 20.8. The summed E-state index contributed by atoms with van der Waals surface area (Å²) in [5.74, 6) is 0.437. The van der Waals surface area contributed by atoms with Gasteiger partial charge in [-0.25, -0.2) is 0 Å². The Hall–Kier alpha value is -3.45. The predicted molar refractivity (Wildman–Crippen MR) is 120 cm³/mol. The van der Waals surface area contributed by atoms with Gasteiger partial charge in [0.05, 0.1) is 0 Å². The number of benzene rings is 2. The van der Waals surface area contributed by atoms with Crippen LogP contribution < -0.4 is 10.9 Å². The number of aryl methyl sites for hydroxylation is 3. The molecule has 4 rings (SSSR count). The van der Waals surface area contributed by atoms with E-state index in [1.54, 1.807) is 27.4 Å². The molecule has 8 heteroatoms. The van der Waals surface area contributed by atoms with Crippen molar-refractivity contribution in [2.24, 2.45) is 0 Å². The van der Waals surface area contributed by atoms with Crippen molar-refractivity contribution >= 4 is 23.2 Å². The molecule has 2 heterocycles. The molecule has 0 atom stereocenters. The molecule has 2 aromatic heterocycles. The quantitative estimate of drug-likeness (QED) is 0.503. The first-order chi connectivity index (χ1) is 14.9. The van der Waals surface area contributed by atoms with Gasteiger partial charge in [0.2, 0.25) is 11.6 Å². The summed E-state index contributed by atoms with van der Waals surface area (Å²) in [6, 6.07) is 13.2. The predicted octanol–water partition coefficient (Wildman–Crippen LogP) is 3.40. The Kier molecular flexibility index (Phi) is 5.86. The van der Waals surface area contributed by atoms with Crippen molar-refractivity contribution in [3.05, 3.63) is 92.7 Å². The highest BCUT2D eigenvalue weighted by Crippen LogP contribution is 2.15. The molecule has 7 nitrogen and oxygen atoms in total. The number of halogens is 1. The third kappa shape index (κ3) is 4.36. The fourth-order valence-electron chi connectivity index (χ4n) is 3.33. The van der Waals surface area contributed by atoms with E-state index in [0.717, 1.165) is 22.4 Å². The van der Waals surface area contributed by atoms with Gasteiger partial charge in [-0.3, -0.25) is 18.6 Å². The third-order valence-electron chi connectivity index (χ3n) is 5.32. The van der Waals surface area contributed by atoms with Crippen LogP contribution >= 0.6 is 11.6 Å². The summed E-state index contributed by atoms with van der Waals surface area (Å²) in [6.07, 6.45) is 4.04. The summed E-state index contributed by atoms with van der Waals surface area (Å²) in [7, 11) is 0. The average Bonchev–Trinajstić information content (AvgIpc) is 3.18. The van der Waals surface area contributed by atoms with E-state index in [4.69, 9.17) is 11.6 Å². The lowest BCUT2D eigenvalue weighted by molar-refractivity contribution is -0.121. The SMILES string of the molecule is Cc1ccc(-n2ccn3c(CCC(=O)NCc4ccccc4Cl)nnc3c2=O)cc1C. The molecule has 0 fully saturated rings. The smallest absolute Gasteiger partial charge is 0.300 e. The van der Waals surface area contributed by atoms with Crippen LogP contribution in [-0.4, -0.2) is 25.1 Å². The number of hydrogen-bond donors (Lipinski definition) is 1. The monoisotopic (exact) mass is 435 g/mol. The lowest BCUT2D eigenvalue weighted by Crippen LogP contribution is -2.23. The number of fused-ring (bicyclic) bond motifs is 1. The van der Waals surface area contributed by atoms with E-state index in [1.165, 1.54) is 0 Å². The molecule has 31 heavy (non-hydrogen) atoms. The number of nitrogens with one attached hydrogen (secondary N) is 1. The van der Waals surface area contributed by atoms with Crippen molar-refractivity contribution in [3.8, 4) is 5.69 Å². The van der Waals surface area contributed by atoms with Gasteiger partial charge in [-0.15, -0.1) is 10.2 Å². The maximum Gasteiger partial charge on any atom is 0.300 e. The molecule has 0 unspecified atom stereocenters. The largest absolute Gasteiger partial charge is 0.352 e. The Morgan fingerprint density at radius 3 is 2.65 bits per heavy atom. The fourth-order valence-corrected chi connectivity index (χ4v) is 3.54. The second-order valence-corrected chi connectivity index (χ2v) is 7.83. The van der Waals surface area contributed by atoms with Crippen LogP contribution in [0.1, 0.15) is 28.9 Å². The lowest BCUT2D eigenvalue weighted by Gasteiger charge is -2.09. The highest BCUT2D eigenvalue weighted by Gasteiger charge is 2.13. The Balaban J connectivity index is 1.47. The van der Waals surface area contributed by atoms with Gasteiger partial charge in [0.25, 0.3) is 0 Å². The zero-order valence-corrected chi connectivity index (χ0v) is 18.1. The summed E-state index contributed by atoms with van der Waals surface area (Å²) in [6.45, 7) is 4.40. The highest BCUT2D eigenvalue weighted by atomic mass is 35.5. The van der Waals surface area contributed by atoms with E-state index in [-0.39, 0.29) is 23.5 Å². The van der Waals surface area contributed by atoms with Crippen LogP contribution in [0.2, 0.25) is 5.02 Å². The molecule has 4 aromatic rings. The molecule has 0 aliphatic carbocycles. The lowest BCUT2D eigenvalue weighted by atomic mass is 10.1. The van der Waals surface area contributed by atoms with E-state index < -0.39 is 0 Å². The maximum atomic E-state index is 12.9. The Bertz CT molecular complexity index is 1330. The molecular weight excluding hydrogens is 414 g/mol. The zero-order valence-electron chi connectivity index (χ0n) is 17.3. The standard InChI is InChI=1S/C23H22ClN5O2/c1-15-7-8-18(13-16(15)2)28-11-12-29-20(26-27-22(29)23(28)31)9-10-21(30)25-14-17-5-3-4-6-19(17)24/h3-8,11-13H,9-10,14H2,1-2H3,(H,25,30). The molecule has 2 aromatic carbocycles. The minimum atomic E-state index is -0.257. The third-order valence-corrected chi connectivity index (χ3v) is 5.69. The van der Waals surface area contributed by atoms with E-state index in [1.807, 2.05) is 50.2 Å². The van der Waals surface area contributed by atoms with Gasteiger partial charge >= 0.3 is 5.56 Å². The first-order valence-corrected chi connectivity index (χ1v) is 10.3. The topological polar surface area (TPSA) is 81.3 Å². The van der Waals surface area contributed by atoms with E-state index in [0.29, 0.717) is 23.8 Å². The van der Waals surface area contributed by atoms with Gasteiger partial charge < -0.3 is 5.32 Å². The minimum Gasteiger partial charge on any atom is -0.352 e. The summed E-state index contributed by atoms with van der Waals surface area (Å²) >= 11 is 6.11. The second kappa shape index (κ2) is 8.73. The maximum absolute atomic E-state index is 12.9. The first-order valence-electron chi connectivity index (χ1n) is 9.97. The summed E-state index contributed by atoms with van der Waals surface area (Å²) in [5, 5.41) is 11.7. The van der Waals surface area contributed by atoms with Crippen molar-refractivity contribution in [2.75, 3.05) is 0 Å². The van der Waals surface area contributed by atoms with E-state index in [2.05, 4.69) is 15.5 Å². The Labute approximate surface area is 184 Å². The molecule has 0 aliphatic heterocycles. The molecule has 0 radical (unpaired) electrons. The Morgan fingerprint density at radius 2 is 1.87 bits per heavy atom. The van der Waals surface area contributed by atoms with Crippen molar-refractivity contribution < 1.29 is 4.79 Å². The zero-order chi connectivity index (χ0) is 22.0. The summed E-state index contributed by atoms with van der Waals surface area (Å²) in [5.41, 5.74) is 3.88. The van der Waals surface area contributed by atoms with Gasteiger partial charge in [0.15, 0.2) is 0 Å². The molecule has 0 bridgehead atoms. The molecule has 1 amide bonds. The number of carbonyl (C=O) groups excluding carboxylic acids is 1. The average molecular weight is 436 g/mol. The number of carbonyl (C=O) groups is 1. The molecule has 0 spiro atoms. The van der Waals surface area contributed by atoms with Gasteiger partial charge in [0, 0.05) is 42.5 Å². The number of hydrogen-bond acceptors (Lipinski definition) is 4. The summed E-state index contributed by atoms with van der Waals surface area (Å²) in [4.78, 5) is 25.2. The Morgan fingerprint density at radius 1 is 1.06 bits per heavy atom. The number of nitrogens with zero attached hydrogens (tertiary/aromatic N) is 4. The number of rotatable bonds is 6. The minimum absolute atomic E-state index is 0.125. The number of amides is 1. The van der Waals surface area contributed by atoms with E-state index >= 15 is 0 Å². The van der Waals surface area contributed by atoms with Gasteiger partial charge in [0.1, 0.15) is 5.82 Å². The van der Waals surface area contributed by atoms with Crippen molar-refractivity contribution in [3.63, 3.8) is 0 Å². The van der Waals surface area contributed by atoms with Crippen LogP contribution in [-0.2, 0) is 17.8 Å². The van der Waals surface area contributed by atoms with Crippen LogP contribution in [0.15, 0.2) is 59.7 Å². The van der Waals surface area contributed by atoms with Crippen LogP contribution in [0.5, 0.6) is 0 Å². The van der Waals surface area contributed by atoms with Crippen molar-refractivity contribution in [2.45, 2.75) is 33.2 Å². The van der Waals surface area contributed by atoms with Gasteiger partial charge in [-0.2, -0.15) is 0 Å². The van der Waals surface area contributed by atoms with Crippen LogP contribution in [0.4, 0.5) is 0 Å². The molecule has 158 valence electrons. The highest BCUT2D eigenvalue weighted by molar-refractivity contribution is 6.31. The van der Waals surface area contributed by atoms with Gasteiger partial charge in [-0.05, 0) is 48.7 Å². The molecular formula is C23H22ClN5O2. The van der Waals surface area contributed by atoms with Crippen molar-refractivity contribution in [1.82, 2.24) is 24.5 Å². The molecule has 0 saturated heterocycles. The van der Waals surface area contributed by atoms with Crippen LogP contribution in [0.3, 0.4) is 0 Å². The van der Waals surface area contributed by atoms with E-state index in [9.17, 15) is 9.59 Å². The second-order valence-electron chi connectivity index (χ2n) is 7.42. The van der Waals surface area contributed by atoms with Gasteiger partial charge in [-0.1, -0.05) is 35.9 Å². The number of aromatic nitrogens is 4. The fraction of sp³-hybridized carbons (Fsp3) is 0.217.